The van der Waals surface area contributed by atoms with Crippen LogP contribution in [-0.4, -0.2) is 23.0 Å². The number of carboxylic acid groups (broad SMARTS) is 1. The van der Waals surface area contributed by atoms with E-state index in [0.717, 1.165) is 22.3 Å². The average Bonchev–Trinajstić information content (AvgIpc) is 3.24. The van der Waals surface area contributed by atoms with Crippen molar-refractivity contribution in [3.8, 4) is 11.1 Å². The Balaban J connectivity index is 1.51. The van der Waals surface area contributed by atoms with Crippen LogP contribution in [-0.2, 0) is 22.4 Å². The van der Waals surface area contributed by atoms with E-state index in [-0.39, 0.29) is 18.4 Å². The Bertz CT molecular complexity index is 1780. The van der Waals surface area contributed by atoms with Crippen LogP contribution in [0.5, 0.6) is 0 Å². The molecular formula is C31H26ClNO6. The summed E-state index contributed by atoms with van der Waals surface area (Å²) in [6, 6.07) is 17.4. The third-order valence-corrected chi connectivity index (χ3v) is 7.27. The molecule has 1 amide bonds. The molecule has 2 aromatic heterocycles. The summed E-state index contributed by atoms with van der Waals surface area (Å²) in [4.78, 5) is 37.8. The molecule has 0 saturated carbocycles. The van der Waals surface area contributed by atoms with Gasteiger partial charge < -0.3 is 19.3 Å². The number of carbonyl (C=O) groups excluding carboxylic acids is 1. The molecule has 5 aromatic rings. The van der Waals surface area contributed by atoms with Gasteiger partial charge in [-0.1, -0.05) is 54.1 Å². The molecule has 7 nitrogen and oxygen atoms in total. The second kappa shape index (κ2) is 10.4. The summed E-state index contributed by atoms with van der Waals surface area (Å²) in [7, 11) is 0. The molecule has 2 N–H and O–H groups in total. The number of carboxylic acids is 1. The number of fused-ring (bicyclic) bond motifs is 2. The zero-order chi connectivity index (χ0) is 27.8. The fourth-order valence-corrected chi connectivity index (χ4v) is 5.13. The lowest BCUT2D eigenvalue weighted by molar-refractivity contribution is -0.141. The standard InChI is InChI=1S/C31H26ClNO6/c1-16-22-14-24-27(20-7-5-4-6-8-20)18(3)38-29(24)17(2)28(22)39-31(37)23(16)15-26(34)33-25(30(35)36)13-19-9-11-21(32)12-10-19/h4-12,14,25H,13,15H2,1-3H3,(H,33,34)(H,35,36)/t25-/m1/s1. The van der Waals surface area contributed by atoms with Crippen molar-refractivity contribution in [3.63, 3.8) is 0 Å². The molecule has 0 aliphatic carbocycles. The van der Waals surface area contributed by atoms with Gasteiger partial charge in [0, 0.05) is 33.3 Å². The first-order valence-corrected chi connectivity index (χ1v) is 12.8. The van der Waals surface area contributed by atoms with E-state index in [4.69, 9.17) is 20.4 Å². The Hall–Kier alpha value is -4.36. The van der Waals surface area contributed by atoms with E-state index in [2.05, 4.69) is 5.32 Å². The van der Waals surface area contributed by atoms with E-state index >= 15 is 0 Å². The van der Waals surface area contributed by atoms with Crippen LogP contribution >= 0.6 is 11.6 Å². The smallest absolute Gasteiger partial charge is 0.340 e. The first-order valence-electron chi connectivity index (χ1n) is 12.4. The van der Waals surface area contributed by atoms with Crippen molar-refractivity contribution in [1.82, 2.24) is 5.32 Å². The maximum absolute atomic E-state index is 13.0. The molecule has 0 aliphatic heterocycles. The molecule has 39 heavy (non-hydrogen) atoms. The summed E-state index contributed by atoms with van der Waals surface area (Å²) in [5.74, 6) is -1.02. The Kier molecular flexibility index (Phi) is 7.02. The van der Waals surface area contributed by atoms with E-state index in [1.165, 1.54) is 0 Å². The zero-order valence-electron chi connectivity index (χ0n) is 21.6. The third-order valence-electron chi connectivity index (χ3n) is 7.02. The summed E-state index contributed by atoms with van der Waals surface area (Å²) >= 11 is 5.91. The van der Waals surface area contributed by atoms with Crippen LogP contribution in [0.1, 0.15) is 28.0 Å². The first kappa shape index (κ1) is 26.3. The van der Waals surface area contributed by atoms with Crippen LogP contribution in [0.15, 0.2) is 74.3 Å². The number of furan rings is 1. The summed E-state index contributed by atoms with van der Waals surface area (Å²) < 4.78 is 11.8. The average molecular weight is 544 g/mol. The zero-order valence-corrected chi connectivity index (χ0v) is 22.4. The normalized spacial score (nSPS) is 12.1. The maximum Gasteiger partial charge on any atom is 0.340 e. The highest BCUT2D eigenvalue weighted by Gasteiger charge is 2.24. The number of amides is 1. The van der Waals surface area contributed by atoms with E-state index in [0.29, 0.717) is 38.3 Å². The summed E-state index contributed by atoms with van der Waals surface area (Å²) in [5, 5.41) is 14.3. The number of hydrogen-bond donors (Lipinski definition) is 2. The van der Waals surface area contributed by atoms with Crippen molar-refractivity contribution < 1.29 is 23.5 Å². The van der Waals surface area contributed by atoms with Crippen molar-refractivity contribution in [3.05, 3.63) is 104 Å². The van der Waals surface area contributed by atoms with Gasteiger partial charge in [0.25, 0.3) is 0 Å². The summed E-state index contributed by atoms with van der Waals surface area (Å²) in [6.45, 7) is 5.50. The van der Waals surface area contributed by atoms with E-state index < -0.39 is 23.5 Å². The Morgan fingerprint density at radius 2 is 1.59 bits per heavy atom. The predicted octanol–water partition coefficient (Wildman–Crippen LogP) is 6.14. The Morgan fingerprint density at radius 3 is 2.26 bits per heavy atom. The van der Waals surface area contributed by atoms with Crippen molar-refractivity contribution in [2.75, 3.05) is 0 Å². The molecule has 0 aliphatic rings. The predicted molar refractivity (Wildman–Crippen MR) is 150 cm³/mol. The van der Waals surface area contributed by atoms with Crippen molar-refractivity contribution in [2.24, 2.45) is 0 Å². The monoisotopic (exact) mass is 543 g/mol. The molecule has 0 radical (unpaired) electrons. The van der Waals surface area contributed by atoms with E-state index in [9.17, 15) is 19.5 Å². The molecule has 1 atom stereocenters. The number of rotatable bonds is 7. The number of hydrogen-bond acceptors (Lipinski definition) is 5. The molecule has 0 fully saturated rings. The van der Waals surface area contributed by atoms with Gasteiger partial charge in [0.15, 0.2) is 0 Å². The van der Waals surface area contributed by atoms with Crippen LogP contribution in [0.4, 0.5) is 0 Å². The lowest BCUT2D eigenvalue weighted by atomic mass is 9.96. The SMILES string of the molecule is Cc1oc2c(C)c3oc(=O)c(CC(=O)N[C@H](Cc4ccc(Cl)cc4)C(=O)O)c(C)c3cc2c1-c1ccccc1. The molecule has 198 valence electrons. The molecule has 3 aromatic carbocycles. The summed E-state index contributed by atoms with van der Waals surface area (Å²) in [6.07, 6.45) is -0.246. The lowest BCUT2D eigenvalue weighted by Gasteiger charge is -2.15. The van der Waals surface area contributed by atoms with Gasteiger partial charge in [0.2, 0.25) is 5.91 Å². The molecular weight excluding hydrogens is 518 g/mol. The van der Waals surface area contributed by atoms with E-state index in [1.807, 2.05) is 50.2 Å². The Morgan fingerprint density at radius 1 is 0.923 bits per heavy atom. The van der Waals surface area contributed by atoms with E-state index in [1.54, 1.807) is 31.2 Å². The molecule has 0 bridgehead atoms. The van der Waals surface area contributed by atoms with Gasteiger partial charge in [0.05, 0.1) is 12.0 Å². The van der Waals surface area contributed by atoms with Gasteiger partial charge in [-0.15, -0.1) is 0 Å². The second-order valence-electron chi connectivity index (χ2n) is 9.61. The minimum atomic E-state index is -1.18. The maximum atomic E-state index is 13.0. The van der Waals surface area contributed by atoms with Crippen LogP contribution in [0.3, 0.4) is 0 Å². The molecule has 2 heterocycles. The number of halogens is 1. The van der Waals surface area contributed by atoms with Crippen LogP contribution < -0.4 is 10.9 Å². The van der Waals surface area contributed by atoms with Crippen molar-refractivity contribution >= 4 is 45.4 Å². The highest BCUT2D eigenvalue weighted by atomic mass is 35.5. The molecule has 0 unspecified atom stereocenters. The highest BCUT2D eigenvalue weighted by Crippen LogP contribution is 2.39. The quantitative estimate of drug-likeness (QED) is 0.239. The van der Waals surface area contributed by atoms with Crippen LogP contribution in [0.2, 0.25) is 5.02 Å². The van der Waals surface area contributed by atoms with Crippen molar-refractivity contribution in [1.29, 1.82) is 0 Å². The van der Waals surface area contributed by atoms with Gasteiger partial charge >= 0.3 is 11.6 Å². The molecule has 5 rings (SSSR count). The Labute approximate surface area is 229 Å². The fourth-order valence-electron chi connectivity index (χ4n) is 5.00. The number of nitrogens with one attached hydrogen (secondary N) is 1. The highest BCUT2D eigenvalue weighted by molar-refractivity contribution is 6.30. The molecule has 0 spiro atoms. The number of aliphatic carboxylic acids is 1. The second-order valence-corrected chi connectivity index (χ2v) is 10.0. The van der Waals surface area contributed by atoms with Gasteiger partial charge in [-0.2, -0.15) is 0 Å². The summed E-state index contributed by atoms with van der Waals surface area (Å²) in [5.41, 5.74) is 4.52. The molecule has 0 saturated heterocycles. The minimum absolute atomic E-state index is 0.0723. The lowest BCUT2D eigenvalue weighted by Crippen LogP contribution is -2.43. The third kappa shape index (κ3) is 5.05. The topological polar surface area (TPSA) is 110 Å². The van der Waals surface area contributed by atoms with Gasteiger partial charge in [-0.05, 0) is 55.7 Å². The largest absolute Gasteiger partial charge is 0.480 e. The van der Waals surface area contributed by atoms with Gasteiger partial charge in [0.1, 0.15) is 23.0 Å². The molecule has 8 heteroatoms. The number of benzene rings is 3. The number of aryl methyl sites for hydroxylation is 3. The fraction of sp³-hybridized carbons (Fsp3) is 0.194. The van der Waals surface area contributed by atoms with Crippen LogP contribution in [0.25, 0.3) is 33.1 Å². The van der Waals surface area contributed by atoms with Gasteiger partial charge in [-0.25, -0.2) is 9.59 Å². The number of carbonyl (C=O) groups is 2. The first-order chi connectivity index (χ1) is 18.6. The minimum Gasteiger partial charge on any atom is -0.480 e. The van der Waals surface area contributed by atoms with Gasteiger partial charge in [-0.3, -0.25) is 4.79 Å². The van der Waals surface area contributed by atoms with Crippen LogP contribution in [0, 0.1) is 20.8 Å². The van der Waals surface area contributed by atoms with Crippen molar-refractivity contribution in [2.45, 2.75) is 39.7 Å².